The highest BCUT2D eigenvalue weighted by Crippen LogP contribution is 2.29. The fourth-order valence-electron chi connectivity index (χ4n) is 2.90. The lowest BCUT2D eigenvalue weighted by Crippen LogP contribution is -2.28. The van der Waals surface area contributed by atoms with E-state index >= 15 is 0 Å². The Morgan fingerprint density at radius 1 is 1.19 bits per heavy atom. The summed E-state index contributed by atoms with van der Waals surface area (Å²) in [5.41, 5.74) is 1.86. The minimum Gasteiger partial charge on any atom is -0.478 e. The van der Waals surface area contributed by atoms with Crippen LogP contribution >= 0.6 is 0 Å². The number of amides is 1. The molecule has 1 heterocycles. The summed E-state index contributed by atoms with van der Waals surface area (Å²) < 4.78 is 24.3. The topological polar surface area (TPSA) is 84.9 Å². The Labute approximate surface area is 149 Å². The molecule has 0 radical (unpaired) electrons. The predicted octanol–water partition coefficient (Wildman–Crippen LogP) is 2.29. The van der Waals surface area contributed by atoms with E-state index < -0.39 is 5.97 Å². The maximum Gasteiger partial charge on any atom is 0.335 e. The van der Waals surface area contributed by atoms with Crippen LogP contribution in [-0.2, 0) is 29.0 Å². The van der Waals surface area contributed by atoms with Gasteiger partial charge in [0.2, 0.25) is 5.91 Å². The molecule has 0 spiro atoms. The zero-order valence-electron chi connectivity index (χ0n) is 14.0. The molecule has 2 aromatic carbocycles. The van der Waals surface area contributed by atoms with Gasteiger partial charge in [0.1, 0.15) is 11.6 Å². The molecule has 2 aromatic rings. The van der Waals surface area contributed by atoms with Gasteiger partial charge in [-0.3, -0.25) is 4.79 Å². The number of aromatic carboxylic acids is 1. The number of nitrogens with one attached hydrogen (secondary N) is 1. The number of benzene rings is 2. The van der Waals surface area contributed by atoms with Crippen molar-refractivity contribution in [1.82, 2.24) is 5.32 Å². The van der Waals surface area contributed by atoms with Crippen LogP contribution in [0.5, 0.6) is 5.75 Å². The van der Waals surface area contributed by atoms with Crippen molar-refractivity contribution < 1.29 is 28.6 Å². The van der Waals surface area contributed by atoms with Gasteiger partial charge >= 0.3 is 5.97 Å². The van der Waals surface area contributed by atoms with E-state index in [1.54, 1.807) is 18.2 Å². The molecule has 1 amide bonds. The van der Waals surface area contributed by atoms with Crippen LogP contribution in [0.1, 0.15) is 27.0 Å². The fourth-order valence-corrected chi connectivity index (χ4v) is 2.90. The van der Waals surface area contributed by atoms with E-state index in [0.29, 0.717) is 35.5 Å². The smallest absolute Gasteiger partial charge is 0.335 e. The van der Waals surface area contributed by atoms with Gasteiger partial charge in [0.15, 0.2) is 6.79 Å². The molecule has 0 atom stereocenters. The molecule has 0 fully saturated rings. The van der Waals surface area contributed by atoms with Crippen molar-refractivity contribution in [2.24, 2.45) is 0 Å². The largest absolute Gasteiger partial charge is 0.478 e. The summed E-state index contributed by atoms with van der Waals surface area (Å²) >= 11 is 0. The lowest BCUT2D eigenvalue weighted by Gasteiger charge is -2.21. The van der Waals surface area contributed by atoms with Crippen molar-refractivity contribution in [1.29, 1.82) is 0 Å². The monoisotopic (exact) mass is 359 g/mol. The van der Waals surface area contributed by atoms with Gasteiger partial charge < -0.3 is 19.9 Å². The molecular weight excluding hydrogens is 341 g/mol. The first-order chi connectivity index (χ1) is 12.5. The van der Waals surface area contributed by atoms with Gasteiger partial charge in [-0.1, -0.05) is 18.2 Å². The van der Waals surface area contributed by atoms with E-state index in [4.69, 9.17) is 14.6 Å². The summed E-state index contributed by atoms with van der Waals surface area (Å²) in [6, 6.07) is 9.13. The quantitative estimate of drug-likeness (QED) is 0.827. The van der Waals surface area contributed by atoms with Crippen LogP contribution in [-0.4, -0.2) is 30.3 Å². The van der Waals surface area contributed by atoms with Gasteiger partial charge in [0.25, 0.3) is 0 Å². The number of carbonyl (C=O) groups is 2. The average molecular weight is 359 g/mol. The van der Waals surface area contributed by atoms with E-state index in [0.717, 1.165) is 0 Å². The van der Waals surface area contributed by atoms with Crippen LogP contribution in [0.25, 0.3) is 0 Å². The number of carbonyl (C=O) groups excluding carboxylic acids is 1. The van der Waals surface area contributed by atoms with E-state index in [-0.39, 0.29) is 37.0 Å². The normalized spacial score (nSPS) is 12.8. The molecule has 0 aliphatic carbocycles. The highest BCUT2D eigenvalue weighted by atomic mass is 19.1. The summed E-state index contributed by atoms with van der Waals surface area (Å²) in [6.07, 6.45) is 0.362. The van der Waals surface area contributed by atoms with Crippen LogP contribution in [0.4, 0.5) is 4.39 Å². The maximum atomic E-state index is 13.7. The summed E-state index contributed by atoms with van der Waals surface area (Å²) in [4.78, 5) is 23.3. The Balaban J connectivity index is 1.60. The number of rotatable bonds is 6. The maximum absolute atomic E-state index is 13.7. The molecular formula is C19H18FNO5. The van der Waals surface area contributed by atoms with E-state index in [9.17, 15) is 14.0 Å². The van der Waals surface area contributed by atoms with Crippen molar-refractivity contribution in [2.75, 3.05) is 13.3 Å². The third-order valence-corrected chi connectivity index (χ3v) is 4.07. The molecule has 0 aromatic heterocycles. The molecule has 3 rings (SSSR count). The van der Waals surface area contributed by atoms with Gasteiger partial charge in [0, 0.05) is 12.1 Å². The zero-order chi connectivity index (χ0) is 18.5. The summed E-state index contributed by atoms with van der Waals surface area (Å²) in [5.74, 6) is -1.15. The van der Waals surface area contributed by atoms with Gasteiger partial charge in [-0.05, 0) is 35.7 Å². The number of fused-ring (bicyclic) bond motifs is 1. The van der Waals surface area contributed by atoms with Crippen molar-refractivity contribution in [3.63, 3.8) is 0 Å². The number of halogens is 1. The van der Waals surface area contributed by atoms with Crippen LogP contribution in [0.15, 0.2) is 36.4 Å². The molecule has 6 nitrogen and oxygen atoms in total. The number of carboxylic acid groups (broad SMARTS) is 1. The molecule has 0 bridgehead atoms. The number of hydrogen-bond acceptors (Lipinski definition) is 4. The summed E-state index contributed by atoms with van der Waals surface area (Å²) in [5, 5.41) is 11.9. The van der Waals surface area contributed by atoms with E-state index in [1.807, 2.05) is 0 Å². The molecule has 0 saturated heterocycles. The number of carboxylic acids is 1. The second-order valence-electron chi connectivity index (χ2n) is 5.90. The van der Waals surface area contributed by atoms with Gasteiger partial charge in [-0.15, -0.1) is 0 Å². The Morgan fingerprint density at radius 3 is 2.81 bits per heavy atom. The highest BCUT2D eigenvalue weighted by molar-refractivity contribution is 5.91. The third kappa shape index (κ3) is 4.18. The molecule has 7 heteroatoms. The third-order valence-electron chi connectivity index (χ3n) is 4.07. The Morgan fingerprint density at radius 2 is 2.00 bits per heavy atom. The molecule has 136 valence electrons. The molecule has 2 N–H and O–H groups in total. The first-order valence-corrected chi connectivity index (χ1v) is 8.14. The van der Waals surface area contributed by atoms with Crippen LogP contribution in [0, 0.1) is 5.82 Å². The lowest BCUT2D eigenvalue weighted by molar-refractivity contribution is -0.120. The molecule has 0 unspecified atom stereocenters. The fraction of sp³-hybridized carbons (Fsp3) is 0.263. The Kier molecular flexibility index (Phi) is 5.48. The second kappa shape index (κ2) is 7.97. The number of ether oxygens (including phenoxy) is 2. The van der Waals surface area contributed by atoms with Crippen molar-refractivity contribution in [3.8, 4) is 5.75 Å². The SMILES string of the molecule is O=C(Cc1ccccc1C(=O)O)NCCc1cc(F)cc2c1OCOC2. The summed E-state index contributed by atoms with van der Waals surface area (Å²) in [6.45, 7) is 0.691. The van der Waals surface area contributed by atoms with Gasteiger partial charge in [-0.2, -0.15) is 0 Å². The molecule has 0 saturated carbocycles. The zero-order valence-corrected chi connectivity index (χ0v) is 14.0. The summed E-state index contributed by atoms with van der Waals surface area (Å²) in [7, 11) is 0. The molecule has 26 heavy (non-hydrogen) atoms. The highest BCUT2D eigenvalue weighted by Gasteiger charge is 2.17. The molecule has 1 aliphatic heterocycles. The Bertz CT molecular complexity index is 837. The minimum atomic E-state index is -1.07. The lowest BCUT2D eigenvalue weighted by atomic mass is 10.0. The van der Waals surface area contributed by atoms with Crippen molar-refractivity contribution in [2.45, 2.75) is 19.4 Å². The standard InChI is InChI=1S/C19H18FNO5/c20-15-7-13(18-14(8-15)10-25-11-26-18)5-6-21-17(22)9-12-3-1-2-4-16(12)19(23)24/h1-4,7-8H,5-6,9-11H2,(H,21,22)(H,23,24). The first kappa shape index (κ1) is 17.9. The predicted molar refractivity (Wildman–Crippen MR) is 90.5 cm³/mol. The van der Waals surface area contributed by atoms with Crippen LogP contribution in [0.2, 0.25) is 0 Å². The van der Waals surface area contributed by atoms with Crippen molar-refractivity contribution in [3.05, 3.63) is 64.5 Å². The van der Waals surface area contributed by atoms with Crippen LogP contribution < -0.4 is 10.1 Å². The first-order valence-electron chi connectivity index (χ1n) is 8.14. The second-order valence-corrected chi connectivity index (χ2v) is 5.90. The molecule has 1 aliphatic rings. The van der Waals surface area contributed by atoms with Crippen molar-refractivity contribution >= 4 is 11.9 Å². The van der Waals surface area contributed by atoms with Gasteiger partial charge in [0.05, 0.1) is 18.6 Å². The van der Waals surface area contributed by atoms with E-state index in [2.05, 4.69) is 5.32 Å². The Hall–Kier alpha value is -2.93. The van der Waals surface area contributed by atoms with Gasteiger partial charge in [-0.25, -0.2) is 9.18 Å². The average Bonchev–Trinajstić information content (AvgIpc) is 2.61. The van der Waals surface area contributed by atoms with Crippen LogP contribution in [0.3, 0.4) is 0 Å². The minimum absolute atomic E-state index is 0.0337. The van der Waals surface area contributed by atoms with E-state index in [1.165, 1.54) is 18.2 Å². The number of hydrogen-bond donors (Lipinski definition) is 2.